The summed E-state index contributed by atoms with van der Waals surface area (Å²) in [5.74, 6) is -0.684. The second-order valence-corrected chi connectivity index (χ2v) is 5.56. The number of halogens is 2. The van der Waals surface area contributed by atoms with Crippen LogP contribution in [0, 0.1) is 11.2 Å². The zero-order chi connectivity index (χ0) is 13.9. The first-order valence-corrected chi connectivity index (χ1v) is 6.92. The van der Waals surface area contributed by atoms with Gasteiger partial charge >= 0.3 is 0 Å². The van der Waals surface area contributed by atoms with E-state index in [4.69, 9.17) is 17.3 Å². The van der Waals surface area contributed by atoms with Gasteiger partial charge in [0, 0.05) is 11.6 Å². The van der Waals surface area contributed by atoms with E-state index in [1.54, 1.807) is 0 Å². The summed E-state index contributed by atoms with van der Waals surface area (Å²) in [5.41, 5.74) is 5.34. The molecule has 0 radical (unpaired) electrons. The Morgan fingerprint density at radius 1 is 1.37 bits per heavy atom. The van der Waals surface area contributed by atoms with Crippen molar-refractivity contribution in [2.24, 2.45) is 11.1 Å². The van der Waals surface area contributed by atoms with Crippen LogP contribution in [-0.2, 0) is 4.79 Å². The van der Waals surface area contributed by atoms with E-state index in [1.807, 2.05) is 0 Å². The van der Waals surface area contributed by atoms with E-state index in [0.717, 1.165) is 32.1 Å². The molecule has 1 amide bonds. The number of amides is 1. The standard InChI is InChI=1S/C14H18ClFN2O/c15-10-4-5-11(16)12(8-10)18-13(19)14(9-17)6-2-1-3-7-14/h4-5,8H,1-3,6-7,9,17H2,(H,18,19). The monoisotopic (exact) mass is 284 g/mol. The molecule has 3 nitrogen and oxygen atoms in total. The molecule has 0 bridgehead atoms. The van der Waals surface area contributed by atoms with Crippen molar-refractivity contribution in [1.29, 1.82) is 0 Å². The maximum Gasteiger partial charge on any atom is 0.231 e. The van der Waals surface area contributed by atoms with Crippen molar-refractivity contribution in [3.05, 3.63) is 29.0 Å². The minimum atomic E-state index is -0.562. The van der Waals surface area contributed by atoms with Gasteiger partial charge in [0.2, 0.25) is 5.91 Å². The van der Waals surface area contributed by atoms with Crippen LogP contribution in [0.15, 0.2) is 18.2 Å². The topological polar surface area (TPSA) is 55.1 Å². The van der Waals surface area contributed by atoms with Crippen LogP contribution < -0.4 is 11.1 Å². The Morgan fingerprint density at radius 2 is 2.05 bits per heavy atom. The molecule has 2 rings (SSSR count). The molecule has 0 aliphatic heterocycles. The van der Waals surface area contributed by atoms with Gasteiger partial charge in [-0.3, -0.25) is 4.79 Å². The van der Waals surface area contributed by atoms with Gasteiger partial charge in [-0.1, -0.05) is 30.9 Å². The lowest BCUT2D eigenvalue weighted by molar-refractivity contribution is -0.126. The Kier molecular flexibility index (Phi) is 4.42. The van der Waals surface area contributed by atoms with Crippen LogP contribution in [0.5, 0.6) is 0 Å². The van der Waals surface area contributed by atoms with Crippen molar-refractivity contribution >= 4 is 23.2 Å². The summed E-state index contributed by atoms with van der Waals surface area (Å²) in [4.78, 5) is 12.4. The molecule has 1 saturated carbocycles. The maximum atomic E-state index is 13.6. The fraction of sp³-hybridized carbons (Fsp3) is 0.500. The minimum Gasteiger partial charge on any atom is -0.329 e. The van der Waals surface area contributed by atoms with Crippen molar-refractivity contribution in [3.63, 3.8) is 0 Å². The van der Waals surface area contributed by atoms with Crippen molar-refractivity contribution < 1.29 is 9.18 Å². The van der Waals surface area contributed by atoms with Gasteiger partial charge < -0.3 is 11.1 Å². The molecule has 1 aliphatic carbocycles. The van der Waals surface area contributed by atoms with Crippen LogP contribution in [-0.4, -0.2) is 12.5 Å². The molecule has 19 heavy (non-hydrogen) atoms. The second kappa shape index (κ2) is 5.88. The lowest BCUT2D eigenvalue weighted by atomic mass is 9.73. The number of carbonyl (C=O) groups is 1. The smallest absolute Gasteiger partial charge is 0.231 e. The van der Waals surface area contributed by atoms with Crippen molar-refractivity contribution in [1.82, 2.24) is 0 Å². The lowest BCUT2D eigenvalue weighted by Gasteiger charge is -2.34. The quantitative estimate of drug-likeness (QED) is 0.894. The minimum absolute atomic E-state index is 0.121. The SMILES string of the molecule is NCC1(C(=O)Nc2cc(Cl)ccc2F)CCCCC1. The summed E-state index contributed by atoms with van der Waals surface area (Å²) in [6.07, 6.45) is 4.63. The molecule has 1 aromatic carbocycles. The molecule has 1 aliphatic rings. The van der Waals surface area contributed by atoms with Gasteiger partial charge in [0.05, 0.1) is 11.1 Å². The average molecular weight is 285 g/mol. The summed E-state index contributed by atoms with van der Waals surface area (Å²) in [7, 11) is 0. The number of rotatable bonds is 3. The molecule has 0 saturated heterocycles. The van der Waals surface area contributed by atoms with Crippen LogP contribution in [0.3, 0.4) is 0 Å². The Labute approximate surface area is 117 Å². The molecular weight excluding hydrogens is 267 g/mol. The molecular formula is C14H18ClFN2O. The summed E-state index contributed by atoms with van der Waals surface area (Å²) < 4.78 is 13.6. The second-order valence-electron chi connectivity index (χ2n) is 5.12. The van der Waals surface area contributed by atoms with E-state index in [1.165, 1.54) is 18.2 Å². The number of nitrogens with one attached hydrogen (secondary N) is 1. The molecule has 0 unspecified atom stereocenters. The molecule has 5 heteroatoms. The lowest BCUT2D eigenvalue weighted by Crippen LogP contribution is -2.44. The van der Waals surface area contributed by atoms with Crippen molar-refractivity contribution in [3.8, 4) is 0 Å². The predicted octanol–water partition coefficient (Wildman–Crippen LogP) is 3.33. The number of anilines is 1. The van der Waals surface area contributed by atoms with Gasteiger partial charge in [-0.25, -0.2) is 4.39 Å². The van der Waals surface area contributed by atoms with Gasteiger partial charge in [0.1, 0.15) is 5.82 Å². The fourth-order valence-corrected chi connectivity index (χ4v) is 2.77. The predicted molar refractivity (Wildman–Crippen MR) is 74.6 cm³/mol. The molecule has 0 atom stereocenters. The van der Waals surface area contributed by atoms with Gasteiger partial charge in [0.15, 0.2) is 0 Å². The summed E-state index contributed by atoms with van der Waals surface area (Å²) >= 11 is 5.81. The Morgan fingerprint density at radius 3 is 2.68 bits per heavy atom. The molecule has 0 heterocycles. The molecule has 0 aromatic heterocycles. The number of benzene rings is 1. The number of carbonyl (C=O) groups excluding carboxylic acids is 1. The zero-order valence-electron chi connectivity index (χ0n) is 10.7. The van der Waals surface area contributed by atoms with E-state index < -0.39 is 11.2 Å². The third kappa shape index (κ3) is 3.07. The van der Waals surface area contributed by atoms with E-state index in [0.29, 0.717) is 11.6 Å². The summed E-state index contributed by atoms with van der Waals surface area (Å²) in [6.45, 7) is 0.293. The zero-order valence-corrected chi connectivity index (χ0v) is 11.5. The highest BCUT2D eigenvalue weighted by Crippen LogP contribution is 2.36. The first-order chi connectivity index (χ1) is 9.07. The molecule has 0 spiro atoms. The normalized spacial score (nSPS) is 18.1. The van der Waals surface area contributed by atoms with Gasteiger partial charge in [-0.15, -0.1) is 0 Å². The first-order valence-electron chi connectivity index (χ1n) is 6.54. The van der Waals surface area contributed by atoms with E-state index >= 15 is 0 Å². The summed E-state index contributed by atoms with van der Waals surface area (Å²) in [6, 6.07) is 4.11. The van der Waals surface area contributed by atoms with Crippen LogP contribution in [0.25, 0.3) is 0 Å². The highest BCUT2D eigenvalue weighted by atomic mass is 35.5. The van der Waals surface area contributed by atoms with Crippen molar-refractivity contribution in [2.45, 2.75) is 32.1 Å². The Balaban J connectivity index is 2.17. The third-order valence-electron chi connectivity index (χ3n) is 3.86. The van der Waals surface area contributed by atoms with Crippen LogP contribution in [0.1, 0.15) is 32.1 Å². The van der Waals surface area contributed by atoms with Crippen LogP contribution in [0.4, 0.5) is 10.1 Å². The number of nitrogens with two attached hydrogens (primary N) is 1. The average Bonchev–Trinajstić information content (AvgIpc) is 2.43. The molecule has 3 N–H and O–H groups in total. The molecule has 104 valence electrons. The fourth-order valence-electron chi connectivity index (χ4n) is 2.60. The van der Waals surface area contributed by atoms with E-state index in [2.05, 4.69) is 5.32 Å². The largest absolute Gasteiger partial charge is 0.329 e. The third-order valence-corrected chi connectivity index (χ3v) is 4.09. The molecule has 1 fully saturated rings. The van der Waals surface area contributed by atoms with E-state index in [9.17, 15) is 9.18 Å². The van der Waals surface area contributed by atoms with Crippen LogP contribution in [0.2, 0.25) is 5.02 Å². The number of hydrogen-bond donors (Lipinski definition) is 2. The Bertz CT molecular complexity index is 473. The van der Waals surface area contributed by atoms with Crippen molar-refractivity contribution in [2.75, 3.05) is 11.9 Å². The summed E-state index contributed by atoms with van der Waals surface area (Å²) in [5, 5.41) is 3.02. The highest BCUT2D eigenvalue weighted by molar-refractivity contribution is 6.30. The van der Waals surface area contributed by atoms with E-state index in [-0.39, 0.29) is 11.6 Å². The van der Waals surface area contributed by atoms with Gasteiger partial charge in [-0.05, 0) is 31.0 Å². The van der Waals surface area contributed by atoms with Crippen LogP contribution >= 0.6 is 11.6 Å². The molecule has 1 aromatic rings. The highest BCUT2D eigenvalue weighted by Gasteiger charge is 2.38. The van der Waals surface area contributed by atoms with Gasteiger partial charge in [-0.2, -0.15) is 0 Å². The number of hydrogen-bond acceptors (Lipinski definition) is 2. The first kappa shape index (κ1) is 14.3. The maximum absolute atomic E-state index is 13.6. The van der Waals surface area contributed by atoms with Gasteiger partial charge in [0.25, 0.3) is 0 Å². The Hall–Kier alpha value is -1.13.